The number of allylic oxidation sites excluding steroid dienone is 2. The molecule has 2 nitrogen and oxygen atoms in total. The highest BCUT2D eigenvalue weighted by Crippen LogP contribution is 2.30. The molecular formula is C15H24N2. The quantitative estimate of drug-likeness (QED) is 0.753. The zero-order chi connectivity index (χ0) is 12.9. The lowest BCUT2D eigenvalue weighted by atomic mass is 9.79. The Labute approximate surface area is 105 Å². The first kappa shape index (κ1) is 13.9. The van der Waals surface area contributed by atoms with Crippen LogP contribution in [0.1, 0.15) is 65.3 Å². The molecule has 1 rings (SSSR count). The molecule has 0 fully saturated rings. The minimum absolute atomic E-state index is 0.209. The summed E-state index contributed by atoms with van der Waals surface area (Å²) in [4.78, 5) is 9.01. The van der Waals surface area contributed by atoms with Crippen molar-refractivity contribution in [1.82, 2.24) is 9.97 Å². The lowest BCUT2D eigenvalue weighted by molar-refractivity contribution is 0.435. The lowest BCUT2D eigenvalue weighted by Gasteiger charge is -2.26. The van der Waals surface area contributed by atoms with Crippen LogP contribution in [0.5, 0.6) is 0 Å². The number of rotatable bonds is 5. The van der Waals surface area contributed by atoms with Gasteiger partial charge in [-0.15, -0.1) is 0 Å². The summed E-state index contributed by atoms with van der Waals surface area (Å²) in [6.07, 6.45) is 9.30. The van der Waals surface area contributed by atoms with Crippen molar-refractivity contribution in [3.63, 3.8) is 0 Å². The topological polar surface area (TPSA) is 25.8 Å². The largest absolute Gasteiger partial charge is 0.237 e. The lowest BCUT2D eigenvalue weighted by Crippen LogP contribution is -2.20. The van der Waals surface area contributed by atoms with Gasteiger partial charge in [-0.2, -0.15) is 0 Å². The molecular weight excluding hydrogens is 208 g/mol. The van der Waals surface area contributed by atoms with E-state index < -0.39 is 0 Å². The Morgan fingerprint density at radius 3 is 2.06 bits per heavy atom. The van der Waals surface area contributed by atoms with E-state index in [0.717, 1.165) is 25.1 Å². The van der Waals surface area contributed by atoms with Gasteiger partial charge in [0.05, 0.1) is 0 Å². The monoisotopic (exact) mass is 232 g/mol. The van der Waals surface area contributed by atoms with Crippen LogP contribution in [0.25, 0.3) is 5.57 Å². The van der Waals surface area contributed by atoms with Crippen molar-refractivity contribution in [2.75, 3.05) is 0 Å². The summed E-state index contributed by atoms with van der Waals surface area (Å²) in [5.41, 5.74) is 2.67. The van der Waals surface area contributed by atoms with Gasteiger partial charge in [0.2, 0.25) is 0 Å². The molecule has 0 aliphatic heterocycles. The summed E-state index contributed by atoms with van der Waals surface area (Å²) in [7, 11) is 0. The highest BCUT2D eigenvalue weighted by atomic mass is 14.9. The molecule has 0 atom stereocenters. The molecule has 17 heavy (non-hydrogen) atoms. The Hall–Kier alpha value is -1.18. The third-order valence-corrected chi connectivity index (χ3v) is 3.93. The Bertz CT molecular complexity index is 372. The van der Waals surface area contributed by atoms with E-state index in [4.69, 9.17) is 0 Å². The number of hydrogen-bond acceptors (Lipinski definition) is 2. The second-order valence-electron chi connectivity index (χ2n) is 4.73. The van der Waals surface area contributed by atoms with Crippen molar-refractivity contribution < 1.29 is 0 Å². The van der Waals surface area contributed by atoms with Gasteiger partial charge in [0.1, 0.15) is 0 Å². The third kappa shape index (κ3) is 2.93. The van der Waals surface area contributed by atoms with Gasteiger partial charge in [-0.3, -0.25) is 0 Å². The van der Waals surface area contributed by atoms with Crippen LogP contribution >= 0.6 is 0 Å². The first-order valence-electron chi connectivity index (χ1n) is 6.59. The smallest absolute Gasteiger partial charge is 0.154 e. The average Bonchev–Trinajstić information content (AvgIpc) is 2.40. The molecule has 0 spiro atoms. The second-order valence-corrected chi connectivity index (χ2v) is 4.73. The molecule has 0 saturated carbocycles. The van der Waals surface area contributed by atoms with E-state index in [1.54, 1.807) is 0 Å². The van der Waals surface area contributed by atoms with Crippen LogP contribution < -0.4 is 0 Å². The molecule has 94 valence electrons. The van der Waals surface area contributed by atoms with E-state index in [-0.39, 0.29) is 5.41 Å². The summed E-state index contributed by atoms with van der Waals surface area (Å²) in [5.74, 6) is 0.869. The molecule has 0 aliphatic carbocycles. The van der Waals surface area contributed by atoms with Gasteiger partial charge in [-0.25, -0.2) is 9.97 Å². The zero-order valence-electron chi connectivity index (χ0n) is 11.7. The number of aromatic nitrogens is 2. The van der Waals surface area contributed by atoms with E-state index in [0.29, 0.717) is 0 Å². The van der Waals surface area contributed by atoms with Crippen LogP contribution in [-0.4, -0.2) is 9.97 Å². The van der Waals surface area contributed by atoms with Crippen LogP contribution in [0.4, 0.5) is 0 Å². The number of hydrogen-bond donors (Lipinski definition) is 0. The van der Waals surface area contributed by atoms with Crippen LogP contribution in [0.3, 0.4) is 0 Å². The summed E-state index contributed by atoms with van der Waals surface area (Å²) in [6, 6.07) is 0. The van der Waals surface area contributed by atoms with E-state index in [9.17, 15) is 0 Å². The van der Waals surface area contributed by atoms with E-state index in [1.165, 1.54) is 11.1 Å². The second kappa shape index (κ2) is 5.95. The summed E-state index contributed by atoms with van der Waals surface area (Å²) in [5, 5.41) is 0. The van der Waals surface area contributed by atoms with Crippen LogP contribution in [0.2, 0.25) is 0 Å². The van der Waals surface area contributed by atoms with Crippen LogP contribution in [0, 0.1) is 0 Å². The standard InChI is InChI=1S/C15H24N2/c1-6-12(7-2)14-16-10-13(11-17-14)15(5,8-3)9-4/h6,10-11H,7-9H2,1-5H3. The fourth-order valence-electron chi connectivity index (χ4n) is 1.96. The first-order valence-corrected chi connectivity index (χ1v) is 6.59. The maximum atomic E-state index is 4.50. The van der Waals surface area contributed by atoms with Crippen molar-refractivity contribution in [2.24, 2.45) is 0 Å². The van der Waals surface area contributed by atoms with E-state index in [2.05, 4.69) is 43.7 Å². The summed E-state index contributed by atoms with van der Waals surface area (Å²) >= 11 is 0. The fraction of sp³-hybridized carbons (Fsp3) is 0.600. The van der Waals surface area contributed by atoms with Crippen molar-refractivity contribution in [2.45, 2.75) is 59.3 Å². The third-order valence-electron chi connectivity index (χ3n) is 3.93. The Kier molecular flexibility index (Phi) is 4.86. The highest BCUT2D eigenvalue weighted by molar-refractivity contribution is 5.58. The molecule has 0 aromatic carbocycles. The van der Waals surface area contributed by atoms with Crippen LogP contribution in [0.15, 0.2) is 18.5 Å². The van der Waals surface area contributed by atoms with Crippen molar-refractivity contribution in [1.29, 1.82) is 0 Å². The molecule has 1 heterocycles. The van der Waals surface area contributed by atoms with Gasteiger partial charge in [-0.05, 0) is 42.7 Å². The van der Waals surface area contributed by atoms with E-state index >= 15 is 0 Å². The molecule has 0 N–H and O–H groups in total. The zero-order valence-corrected chi connectivity index (χ0v) is 11.7. The Morgan fingerprint density at radius 2 is 1.71 bits per heavy atom. The molecule has 0 radical (unpaired) electrons. The fourth-order valence-corrected chi connectivity index (χ4v) is 1.96. The maximum Gasteiger partial charge on any atom is 0.154 e. The first-order chi connectivity index (χ1) is 8.11. The van der Waals surface area contributed by atoms with Gasteiger partial charge in [-0.1, -0.05) is 33.8 Å². The minimum Gasteiger partial charge on any atom is -0.237 e. The predicted octanol–water partition coefficient (Wildman–Crippen LogP) is 4.37. The van der Waals surface area contributed by atoms with Gasteiger partial charge in [0.25, 0.3) is 0 Å². The SMILES string of the molecule is CC=C(CC)c1ncc(C(C)(CC)CC)cn1. The minimum atomic E-state index is 0.209. The average molecular weight is 232 g/mol. The molecule has 1 aromatic rings. The van der Waals surface area contributed by atoms with E-state index in [1.807, 2.05) is 19.3 Å². The normalized spacial score (nSPS) is 12.9. The predicted molar refractivity (Wildman–Crippen MR) is 73.9 cm³/mol. The van der Waals surface area contributed by atoms with Crippen LogP contribution in [-0.2, 0) is 5.41 Å². The van der Waals surface area contributed by atoms with Gasteiger partial charge < -0.3 is 0 Å². The highest BCUT2D eigenvalue weighted by Gasteiger charge is 2.23. The molecule has 0 saturated heterocycles. The summed E-state index contributed by atoms with van der Waals surface area (Å²) in [6.45, 7) is 10.9. The maximum absolute atomic E-state index is 4.50. The van der Waals surface area contributed by atoms with Gasteiger partial charge in [0.15, 0.2) is 5.82 Å². The van der Waals surface area contributed by atoms with Gasteiger partial charge >= 0.3 is 0 Å². The molecule has 0 aliphatic rings. The molecule has 1 aromatic heterocycles. The summed E-state index contributed by atoms with van der Waals surface area (Å²) < 4.78 is 0. The molecule has 0 unspecified atom stereocenters. The van der Waals surface area contributed by atoms with Crippen molar-refractivity contribution in [3.8, 4) is 0 Å². The van der Waals surface area contributed by atoms with Gasteiger partial charge in [0, 0.05) is 12.4 Å². The Morgan fingerprint density at radius 1 is 1.18 bits per heavy atom. The van der Waals surface area contributed by atoms with Crippen molar-refractivity contribution in [3.05, 3.63) is 29.9 Å². The number of nitrogens with zero attached hydrogens (tertiary/aromatic N) is 2. The van der Waals surface area contributed by atoms with Crippen molar-refractivity contribution >= 4 is 5.57 Å². The molecule has 0 bridgehead atoms. The molecule has 2 heteroatoms. The molecule has 0 amide bonds. The Balaban J connectivity index is 3.03.